The molecule has 128 valence electrons. The standard InChI is InChI=1S/C19H18N2O3S/c22-17-11-14-5-1-2-9-16(14)19(17)21-25(23,24)12-15-7-3-6-13-8-4-10-20-18(13)15/h1-10,17,19,21-22H,11-12H2/t17-,19+/m1/s1. The van der Waals surface area contributed by atoms with E-state index in [9.17, 15) is 13.5 Å². The summed E-state index contributed by atoms with van der Waals surface area (Å²) in [7, 11) is -3.64. The predicted octanol–water partition coefficient (Wildman–Crippen LogP) is 2.31. The van der Waals surface area contributed by atoms with Crippen molar-refractivity contribution < 1.29 is 13.5 Å². The molecule has 0 unspecified atom stereocenters. The van der Waals surface area contributed by atoms with Crippen LogP contribution in [0.4, 0.5) is 0 Å². The van der Waals surface area contributed by atoms with Crippen LogP contribution in [0, 0.1) is 0 Å². The molecule has 6 heteroatoms. The third-order valence-corrected chi connectivity index (χ3v) is 5.88. The topological polar surface area (TPSA) is 79.3 Å². The number of nitrogens with zero attached hydrogens (tertiary/aromatic N) is 1. The number of aromatic nitrogens is 1. The molecule has 1 aliphatic carbocycles. The van der Waals surface area contributed by atoms with Crippen molar-refractivity contribution >= 4 is 20.9 Å². The number of para-hydroxylation sites is 1. The third kappa shape index (κ3) is 3.16. The van der Waals surface area contributed by atoms with Crippen LogP contribution in [-0.2, 0) is 22.2 Å². The van der Waals surface area contributed by atoms with Crippen LogP contribution < -0.4 is 4.72 Å². The summed E-state index contributed by atoms with van der Waals surface area (Å²) >= 11 is 0. The van der Waals surface area contributed by atoms with E-state index in [0.29, 0.717) is 17.5 Å². The molecule has 2 aromatic carbocycles. The van der Waals surface area contributed by atoms with Crippen LogP contribution >= 0.6 is 0 Å². The number of aliphatic hydroxyl groups excluding tert-OH is 1. The lowest BCUT2D eigenvalue weighted by Crippen LogP contribution is -2.34. The van der Waals surface area contributed by atoms with Crippen LogP contribution in [0.5, 0.6) is 0 Å². The lowest BCUT2D eigenvalue weighted by atomic mass is 10.1. The van der Waals surface area contributed by atoms with Crippen LogP contribution in [0.1, 0.15) is 22.7 Å². The second kappa shape index (κ2) is 6.22. The molecule has 0 radical (unpaired) electrons. The fourth-order valence-electron chi connectivity index (χ4n) is 3.44. The summed E-state index contributed by atoms with van der Waals surface area (Å²) < 4.78 is 28.1. The van der Waals surface area contributed by atoms with Gasteiger partial charge in [-0.2, -0.15) is 0 Å². The number of pyridine rings is 1. The van der Waals surface area contributed by atoms with E-state index in [-0.39, 0.29) is 5.75 Å². The predicted molar refractivity (Wildman–Crippen MR) is 96.4 cm³/mol. The Morgan fingerprint density at radius 1 is 1.08 bits per heavy atom. The Morgan fingerprint density at radius 2 is 1.88 bits per heavy atom. The molecule has 1 heterocycles. The van der Waals surface area contributed by atoms with E-state index in [1.54, 1.807) is 12.3 Å². The number of benzene rings is 2. The zero-order valence-corrected chi connectivity index (χ0v) is 14.3. The monoisotopic (exact) mass is 354 g/mol. The molecule has 1 aliphatic rings. The van der Waals surface area contributed by atoms with Gasteiger partial charge in [-0.1, -0.05) is 48.5 Å². The smallest absolute Gasteiger partial charge is 0.216 e. The number of hydrogen-bond donors (Lipinski definition) is 2. The highest BCUT2D eigenvalue weighted by Gasteiger charge is 2.33. The van der Waals surface area contributed by atoms with Crippen molar-refractivity contribution in [3.63, 3.8) is 0 Å². The van der Waals surface area contributed by atoms with Crippen molar-refractivity contribution in [3.8, 4) is 0 Å². The normalized spacial score (nSPS) is 19.9. The molecule has 1 aromatic heterocycles. The quantitative estimate of drug-likeness (QED) is 0.754. The lowest BCUT2D eigenvalue weighted by Gasteiger charge is -2.18. The number of aliphatic hydroxyl groups is 1. The van der Waals surface area contributed by atoms with Gasteiger partial charge in [-0.25, -0.2) is 13.1 Å². The third-order valence-electron chi connectivity index (χ3n) is 4.57. The minimum Gasteiger partial charge on any atom is -0.391 e. The molecule has 0 spiro atoms. The Bertz CT molecular complexity index is 1030. The van der Waals surface area contributed by atoms with E-state index in [0.717, 1.165) is 16.5 Å². The highest BCUT2D eigenvalue weighted by molar-refractivity contribution is 7.88. The average Bonchev–Trinajstić information content (AvgIpc) is 2.90. The summed E-state index contributed by atoms with van der Waals surface area (Å²) in [4.78, 5) is 4.31. The number of rotatable bonds is 4. The number of sulfonamides is 1. The number of hydrogen-bond acceptors (Lipinski definition) is 4. The van der Waals surface area contributed by atoms with Gasteiger partial charge in [0.05, 0.1) is 23.4 Å². The first-order valence-corrected chi connectivity index (χ1v) is 9.77. The van der Waals surface area contributed by atoms with Gasteiger partial charge < -0.3 is 5.11 Å². The minimum atomic E-state index is -3.64. The van der Waals surface area contributed by atoms with Crippen molar-refractivity contribution in [2.75, 3.05) is 0 Å². The highest BCUT2D eigenvalue weighted by atomic mass is 32.2. The van der Waals surface area contributed by atoms with Crippen LogP contribution in [0.25, 0.3) is 10.9 Å². The summed E-state index contributed by atoms with van der Waals surface area (Å²) in [6.07, 6.45) is 1.36. The molecule has 0 saturated carbocycles. The van der Waals surface area contributed by atoms with E-state index >= 15 is 0 Å². The summed E-state index contributed by atoms with van der Waals surface area (Å²) in [5.41, 5.74) is 3.15. The Balaban J connectivity index is 1.62. The Morgan fingerprint density at radius 3 is 2.76 bits per heavy atom. The van der Waals surface area contributed by atoms with Crippen molar-refractivity contribution in [1.29, 1.82) is 0 Å². The lowest BCUT2D eigenvalue weighted by molar-refractivity contribution is 0.151. The average molecular weight is 354 g/mol. The van der Waals surface area contributed by atoms with E-state index in [1.165, 1.54) is 0 Å². The van der Waals surface area contributed by atoms with Gasteiger partial charge in [-0.3, -0.25) is 4.98 Å². The molecule has 2 atom stereocenters. The van der Waals surface area contributed by atoms with Gasteiger partial charge in [-0.15, -0.1) is 0 Å². The first kappa shape index (κ1) is 16.2. The maximum Gasteiger partial charge on any atom is 0.216 e. The molecule has 0 aliphatic heterocycles. The minimum absolute atomic E-state index is 0.174. The van der Waals surface area contributed by atoms with Gasteiger partial charge in [-0.05, 0) is 22.8 Å². The van der Waals surface area contributed by atoms with Crippen LogP contribution in [-0.4, -0.2) is 24.6 Å². The molecule has 0 fully saturated rings. The zero-order valence-electron chi connectivity index (χ0n) is 13.5. The van der Waals surface area contributed by atoms with Crippen LogP contribution in [0.3, 0.4) is 0 Å². The largest absolute Gasteiger partial charge is 0.391 e. The Labute approximate surface area is 146 Å². The maximum absolute atomic E-state index is 12.7. The summed E-state index contributed by atoms with van der Waals surface area (Å²) in [5.74, 6) is -0.174. The van der Waals surface area contributed by atoms with Gasteiger partial charge in [0.1, 0.15) is 0 Å². The number of fused-ring (bicyclic) bond motifs is 2. The van der Waals surface area contributed by atoms with Crippen molar-refractivity contribution in [2.45, 2.75) is 24.3 Å². The molecule has 2 N–H and O–H groups in total. The fraction of sp³-hybridized carbons (Fsp3) is 0.211. The van der Waals surface area contributed by atoms with Gasteiger partial charge in [0, 0.05) is 18.0 Å². The molecular formula is C19H18N2O3S. The van der Waals surface area contributed by atoms with E-state index in [1.807, 2.05) is 48.5 Å². The summed E-state index contributed by atoms with van der Waals surface area (Å²) in [5, 5.41) is 11.2. The second-order valence-electron chi connectivity index (χ2n) is 6.32. The van der Waals surface area contributed by atoms with Gasteiger partial charge in [0.25, 0.3) is 0 Å². The van der Waals surface area contributed by atoms with Crippen molar-refractivity contribution in [1.82, 2.24) is 9.71 Å². The van der Waals surface area contributed by atoms with E-state index in [4.69, 9.17) is 0 Å². The zero-order chi connectivity index (χ0) is 17.4. The maximum atomic E-state index is 12.7. The molecule has 4 rings (SSSR count). The molecule has 0 bridgehead atoms. The van der Waals surface area contributed by atoms with Gasteiger partial charge in [0.15, 0.2) is 0 Å². The van der Waals surface area contributed by atoms with Crippen molar-refractivity contribution in [3.05, 3.63) is 77.5 Å². The summed E-state index contributed by atoms with van der Waals surface area (Å²) in [6, 6.07) is 16.2. The highest BCUT2D eigenvalue weighted by Crippen LogP contribution is 2.32. The van der Waals surface area contributed by atoms with Crippen LogP contribution in [0.2, 0.25) is 0 Å². The Hall–Kier alpha value is -2.28. The number of nitrogens with one attached hydrogen (secondary N) is 1. The molecule has 3 aromatic rings. The molecule has 5 nitrogen and oxygen atoms in total. The first-order chi connectivity index (χ1) is 12.0. The second-order valence-corrected chi connectivity index (χ2v) is 8.07. The molecule has 25 heavy (non-hydrogen) atoms. The molecular weight excluding hydrogens is 336 g/mol. The van der Waals surface area contributed by atoms with E-state index in [2.05, 4.69) is 9.71 Å². The SMILES string of the molecule is O=S(=O)(Cc1cccc2cccnc12)N[C@H]1c2ccccc2C[C@H]1O. The molecule has 0 amide bonds. The first-order valence-electron chi connectivity index (χ1n) is 8.12. The summed E-state index contributed by atoms with van der Waals surface area (Å²) in [6.45, 7) is 0. The molecule has 0 saturated heterocycles. The Kier molecular flexibility index (Phi) is 4.03. The van der Waals surface area contributed by atoms with Crippen LogP contribution in [0.15, 0.2) is 60.8 Å². The van der Waals surface area contributed by atoms with Gasteiger partial charge >= 0.3 is 0 Å². The van der Waals surface area contributed by atoms with Gasteiger partial charge in [0.2, 0.25) is 10.0 Å². The fourth-order valence-corrected chi connectivity index (χ4v) is 4.84. The van der Waals surface area contributed by atoms with Crippen molar-refractivity contribution in [2.24, 2.45) is 0 Å². The van der Waals surface area contributed by atoms with E-state index < -0.39 is 22.2 Å².